The minimum Gasteiger partial charge on any atom is -0.464 e. The maximum atomic E-state index is 13.4. The molecule has 0 unspecified atom stereocenters. The van der Waals surface area contributed by atoms with E-state index in [1.807, 2.05) is 43.3 Å². The number of rotatable bonds is 10. The summed E-state index contributed by atoms with van der Waals surface area (Å²) in [6, 6.07) is 15.1. The number of aryl methyl sites for hydroxylation is 1. The molecule has 0 saturated heterocycles. The van der Waals surface area contributed by atoms with E-state index in [1.165, 1.54) is 6.26 Å². The lowest BCUT2D eigenvalue weighted by Crippen LogP contribution is -2.43. The van der Waals surface area contributed by atoms with Crippen LogP contribution in [0.1, 0.15) is 49.8 Å². The lowest BCUT2D eigenvalue weighted by molar-refractivity contribution is -0.141. The summed E-state index contributed by atoms with van der Waals surface area (Å²) >= 11 is 0. The topological polar surface area (TPSA) is 70.8 Å². The van der Waals surface area contributed by atoms with Gasteiger partial charge in [0.1, 0.15) is 5.58 Å². The SMILES string of the molecule is CCCCN(CC(=O)N(Cc1ccccc1)Cc1coc2ccc(C)cc2c1=O)C(=O)CC. The molecule has 0 saturated carbocycles. The van der Waals surface area contributed by atoms with Gasteiger partial charge < -0.3 is 14.2 Å². The second kappa shape index (κ2) is 11.5. The van der Waals surface area contributed by atoms with E-state index in [1.54, 1.807) is 28.9 Å². The highest BCUT2D eigenvalue weighted by Gasteiger charge is 2.22. The van der Waals surface area contributed by atoms with Gasteiger partial charge in [0.15, 0.2) is 5.43 Å². The Balaban J connectivity index is 1.90. The lowest BCUT2D eigenvalue weighted by atomic mass is 10.1. The highest BCUT2D eigenvalue weighted by atomic mass is 16.3. The van der Waals surface area contributed by atoms with Crippen LogP contribution in [-0.2, 0) is 22.7 Å². The minimum absolute atomic E-state index is 0.00245. The summed E-state index contributed by atoms with van der Waals surface area (Å²) in [4.78, 5) is 42.2. The van der Waals surface area contributed by atoms with Crippen LogP contribution in [0.2, 0.25) is 0 Å². The molecule has 3 rings (SSSR count). The number of hydrogen-bond acceptors (Lipinski definition) is 4. The quantitative estimate of drug-likeness (QED) is 0.452. The number of carbonyl (C=O) groups excluding carboxylic acids is 2. The van der Waals surface area contributed by atoms with Gasteiger partial charge in [-0.25, -0.2) is 0 Å². The molecule has 0 spiro atoms. The molecule has 33 heavy (non-hydrogen) atoms. The molecule has 0 aliphatic carbocycles. The van der Waals surface area contributed by atoms with Gasteiger partial charge >= 0.3 is 0 Å². The van der Waals surface area contributed by atoms with E-state index < -0.39 is 0 Å². The predicted octanol–water partition coefficient (Wildman–Crippen LogP) is 4.67. The fourth-order valence-electron chi connectivity index (χ4n) is 3.76. The van der Waals surface area contributed by atoms with Gasteiger partial charge in [-0.15, -0.1) is 0 Å². The molecule has 3 aromatic rings. The average Bonchev–Trinajstić information content (AvgIpc) is 2.83. The van der Waals surface area contributed by atoms with Crippen molar-refractivity contribution in [1.29, 1.82) is 0 Å². The van der Waals surface area contributed by atoms with Gasteiger partial charge in [-0.1, -0.05) is 62.2 Å². The molecular weight excluding hydrogens is 416 g/mol. The molecule has 2 aromatic carbocycles. The van der Waals surface area contributed by atoms with Crippen molar-refractivity contribution >= 4 is 22.8 Å². The first-order valence-corrected chi connectivity index (χ1v) is 11.5. The standard InChI is InChI=1S/C27H32N2O4/c1-4-6-14-28(25(30)5-2)18-26(31)29(16-21-10-8-7-9-11-21)17-22-19-33-24-13-12-20(3)15-23(24)27(22)32/h7-13,15,19H,4-6,14,16-18H2,1-3H3. The molecule has 0 N–H and O–H groups in total. The van der Waals surface area contributed by atoms with Gasteiger partial charge in [-0.2, -0.15) is 0 Å². The van der Waals surface area contributed by atoms with Crippen LogP contribution in [0.3, 0.4) is 0 Å². The van der Waals surface area contributed by atoms with Gasteiger partial charge in [0.05, 0.1) is 30.3 Å². The van der Waals surface area contributed by atoms with E-state index in [9.17, 15) is 14.4 Å². The van der Waals surface area contributed by atoms with Crippen molar-refractivity contribution in [2.24, 2.45) is 0 Å². The lowest BCUT2D eigenvalue weighted by Gasteiger charge is -2.27. The number of unbranched alkanes of at least 4 members (excludes halogenated alkanes) is 1. The Morgan fingerprint density at radius 3 is 2.39 bits per heavy atom. The first kappa shape index (κ1) is 24.2. The first-order valence-electron chi connectivity index (χ1n) is 11.5. The van der Waals surface area contributed by atoms with Crippen molar-refractivity contribution in [3.05, 3.63) is 81.7 Å². The number of hydrogen-bond donors (Lipinski definition) is 0. The smallest absolute Gasteiger partial charge is 0.242 e. The summed E-state index contributed by atoms with van der Waals surface area (Å²) in [5.74, 6) is -0.238. The van der Waals surface area contributed by atoms with Crippen LogP contribution in [0, 0.1) is 6.92 Å². The van der Waals surface area contributed by atoms with Gasteiger partial charge in [0.25, 0.3) is 0 Å². The van der Waals surface area contributed by atoms with Crippen LogP contribution < -0.4 is 5.43 Å². The molecule has 0 bridgehead atoms. The minimum atomic E-state index is -0.194. The maximum Gasteiger partial charge on any atom is 0.242 e. The summed E-state index contributed by atoms with van der Waals surface area (Å²) in [5, 5.41) is 0.505. The largest absolute Gasteiger partial charge is 0.464 e. The third-order valence-electron chi connectivity index (χ3n) is 5.69. The Hall–Kier alpha value is -3.41. The van der Waals surface area contributed by atoms with Crippen LogP contribution in [0.25, 0.3) is 11.0 Å². The normalized spacial score (nSPS) is 10.9. The highest BCUT2D eigenvalue weighted by molar-refractivity contribution is 5.85. The number of carbonyl (C=O) groups is 2. The molecule has 1 aromatic heterocycles. The van der Waals surface area contributed by atoms with Crippen molar-refractivity contribution < 1.29 is 14.0 Å². The molecule has 1 heterocycles. The molecular formula is C27H32N2O4. The maximum absolute atomic E-state index is 13.4. The van der Waals surface area contributed by atoms with Gasteiger partial charge in [0.2, 0.25) is 11.8 Å². The van der Waals surface area contributed by atoms with Gasteiger partial charge in [-0.3, -0.25) is 14.4 Å². The number of nitrogens with zero attached hydrogens (tertiary/aromatic N) is 2. The van der Waals surface area contributed by atoms with Crippen LogP contribution in [0.5, 0.6) is 0 Å². The van der Waals surface area contributed by atoms with Crippen molar-refractivity contribution in [3.63, 3.8) is 0 Å². The van der Waals surface area contributed by atoms with Crippen LogP contribution in [-0.4, -0.2) is 34.7 Å². The van der Waals surface area contributed by atoms with Gasteiger partial charge in [-0.05, 0) is 31.0 Å². The Morgan fingerprint density at radius 1 is 0.939 bits per heavy atom. The molecule has 0 aliphatic heterocycles. The highest BCUT2D eigenvalue weighted by Crippen LogP contribution is 2.16. The predicted molar refractivity (Wildman–Crippen MR) is 130 cm³/mol. The molecule has 6 heteroatoms. The van der Waals surface area contributed by atoms with Crippen molar-refractivity contribution in [2.45, 2.75) is 53.1 Å². The molecule has 0 aliphatic rings. The van der Waals surface area contributed by atoms with Gasteiger partial charge in [0, 0.05) is 19.5 Å². The third kappa shape index (κ3) is 6.31. The Kier molecular flexibility index (Phi) is 8.41. The summed E-state index contributed by atoms with van der Waals surface area (Å²) < 4.78 is 5.70. The van der Waals surface area contributed by atoms with Crippen LogP contribution >= 0.6 is 0 Å². The third-order valence-corrected chi connectivity index (χ3v) is 5.69. The fraction of sp³-hybridized carbons (Fsp3) is 0.370. The zero-order valence-corrected chi connectivity index (χ0v) is 19.7. The summed E-state index contributed by atoms with van der Waals surface area (Å²) in [5.41, 5.74) is 2.72. The average molecular weight is 449 g/mol. The van der Waals surface area contributed by atoms with E-state index in [0.29, 0.717) is 36.0 Å². The molecule has 0 radical (unpaired) electrons. The van der Waals surface area contributed by atoms with E-state index in [2.05, 4.69) is 6.92 Å². The summed E-state index contributed by atoms with van der Waals surface area (Å²) in [7, 11) is 0. The van der Waals surface area contributed by atoms with Crippen LogP contribution in [0.4, 0.5) is 0 Å². The van der Waals surface area contributed by atoms with E-state index >= 15 is 0 Å². The second-order valence-corrected chi connectivity index (χ2v) is 8.35. The summed E-state index contributed by atoms with van der Waals surface area (Å²) in [6.45, 7) is 6.78. The number of amides is 2. The zero-order valence-electron chi connectivity index (χ0n) is 19.7. The molecule has 0 fully saturated rings. The first-order chi connectivity index (χ1) is 15.9. The molecule has 0 atom stereocenters. The van der Waals surface area contributed by atoms with Crippen LogP contribution in [0.15, 0.2) is 64.0 Å². The van der Waals surface area contributed by atoms with E-state index in [-0.39, 0.29) is 30.3 Å². The number of benzene rings is 2. The van der Waals surface area contributed by atoms with E-state index in [0.717, 1.165) is 24.0 Å². The summed E-state index contributed by atoms with van der Waals surface area (Å²) in [6.07, 6.45) is 3.57. The Bertz CT molecular complexity index is 1150. The van der Waals surface area contributed by atoms with E-state index in [4.69, 9.17) is 4.42 Å². The van der Waals surface area contributed by atoms with Crippen molar-refractivity contribution in [3.8, 4) is 0 Å². The fourth-order valence-corrected chi connectivity index (χ4v) is 3.76. The Morgan fingerprint density at radius 2 is 1.70 bits per heavy atom. The molecule has 6 nitrogen and oxygen atoms in total. The Labute approximate surface area is 194 Å². The second-order valence-electron chi connectivity index (χ2n) is 8.35. The van der Waals surface area contributed by atoms with Crippen molar-refractivity contribution in [2.75, 3.05) is 13.1 Å². The molecule has 174 valence electrons. The van der Waals surface area contributed by atoms with Crippen molar-refractivity contribution in [1.82, 2.24) is 9.80 Å². The monoisotopic (exact) mass is 448 g/mol. The zero-order chi connectivity index (χ0) is 23.8. The number of fused-ring (bicyclic) bond motifs is 1. The molecule has 2 amide bonds.